The van der Waals surface area contributed by atoms with Gasteiger partial charge < -0.3 is 10.1 Å². The topological polar surface area (TPSA) is 45.0 Å². The number of ether oxygens (including phenoxy) is 1. The Bertz CT molecular complexity index is 753. The van der Waals surface area contributed by atoms with Crippen LogP contribution in [0.2, 0.25) is 0 Å². The molecular weight excluding hydrogens is 292 g/mol. The smallest absolute Gasteiger partial charge is 0.126 e. The number of nitrogens with one attached hydrogen (secondary N) is 1. The number of anilines is 1. The average Bonchev–Trinajstić information content (AvgIpc) is 3.17. The molecule has 1 aliphatic heterocycles. The molecular formula is C18H18N2OS. The van der Waals surface area contributed by atoms with Crippen LogP contribution >= 0.6 is 11.3 Å². The van der Waals surface area contributed by atoms with Crippen LogP contribution in [0.25, 0.3) is 11.1 Å². The van der Waals surface area contributed by atoms with Gasteiger partial charge in [-0.15, -0.1) is 11.3 Å². The lowest BCUT2D eigenvalue weighted by molar-refractivity contribution is -0.0845. The molecule has 0 bridgehead atoms. The predicted octanol–water partition coefficient (Wildman–Crippen LogP) is 4.84. The van der Waals surface area contributed by atoms with Gasteiger partial charge in [0.05, 0.1) is 5.60 Å². The van der Waals surface area contributed by atoms with Gasteiger partial charge in [-0.25, -0.2) is 0 Å². The molecule has 112 valence electrons. The molecule has 0 saturated heterocycles. The van der Waals surface area contributed by atoms with Crippen LogP contribution in [0, 0.1) is 11.3 Å². The summed E-state index contributed by atoms with van der Waals surface area (Å²) in [5.74, 6) is 0. The monoisotopic (exact) mass is 310 g/mol. The van der Waals surface area contributed by atoms with E-state index in [-0.39, 0.29) is 11.8 Å². The second-order valence-corrected chi connectivity index (χ2v) is 7.09. The number of nitriles is 1. The van der Waals surface area contributed by atoms with Gasteiger partial charge in [-0.3, -0.25) is 0 Å². The first-order valence-corrected chi connectivity index (χ1v) is 8.66. The molecule has 3 nitrogen and oxygen atoms in total. The minimum Gasteiger partial charge on any atom is -0.360 e. The third-order valence-electron chi connectivity index (χ3n) is 4.73. The molecule has 1 aromatic heterocycles. The van der Waals surface area contributed by atoms with Crippen molar-refractivity contribution in [3.05, 3.63) is 40.1 Å². The second-order valence-electron chi connectivity index (χ2n) is 6.18. The van der Waals surface area contributed by atoms with Crippen molar-refractivity contribution in [2.45, 2.75) is 44.4 Å². The summed E-state index contributed by atoms with van der Waals surface area (Å²) in [6.45, 7) is 2.08. The van der Waals surface area contributed by atoms with E-state index in [2.05, 4.69) is 41.9 Å². The quantitative estimate of drug-likeness (QED) is 0.819. The Morgan fingerprint density at radius 1 is 1.27 bits per heavy atom. The Labute approximate surface area is 134 Å². The summed E-state index contributed by atoms with van der Waals surface area (Å²) < 4.78 is 6.32. The summed E-state index contributed by atoms with van der Waals surface area (Å²) in [6, 6.07) is 10.7. The molecule has 1 atom stereocenters. The van der Waals surface area contributed by atoms with Crippen LogP contribution in [0.1, 0.15) is 43.0 Å². The highest BCUT2D eigenvalue weighted by Crippen LogP contribution is 2.49. The molecule has 2 aliphatic rings. The van der Waals surface area contributed by atoms with Crippen LogP contribution in [0.4, 0.5) is 5.69 Å². The Morgan fingerprint density at radius 3 is 2.82 bits per heavy atom. The average molecular weight is 310 g/mol. The van der Waals surface area contributed by atoms with Crippen LogP contribution in [0.15, 0.2) is 29.6 Å². The Morgan fingerprint density at radius 2 is 2.09 bits per heavy atom. The Balaban J connectivity index is 1.81. The lowest BCUT2D eigenvalue weighted by atomic mass is 9.87. The Hall–Kier alpha value is -1.83. The van der Waals surface area contributed by atoms with Gasteiger partial charge in [-0.1, -0.05) is 18.9 Å². The molecule has 1 N–H and O–H groups in total. The van der Waals surface area contributed by atoms with Crippen LogP contribution in [0.3, 0.4) is 0 Å². The summed E-state index contributed by atoms with van der Waals surface area (Å²) in [4.78, 5) is 0.756. The number of hydrogen-bond acceptors (Lipinski definition) is 4. The number of nitrogens with zero attached hydrogens (tertiary/aromatic N) is 1. The zero-order chi connectivity index (χ0) is 15.2. The van der Waals surface area contributed by atoms with Crippen molar-refractivity contribution in [3.8, 4) is 17.2 Å². The number of thiophene rings is 1. The lowest BCUT2D eigenvalue weighted by Crippen LogP contribution is -2.39. The van der Waals surface area contributed by atoms with Crippen molar-refractivity contribution < 1.29 is 4.74 Å². The van der Waals surface area contributed by atoms with Crippen molar-refractivity contribution in [2.24, 2.45) is 0 Å². The summed E-state index contributed by atoms with van der Waals surface area (Å²) in [5.41, 5.74) is 4.65. The van der Waals surface area contributed by atoms with Crippen LogP contribution in [-0.2, 0) is 10.3 Å². The van der Waals surface area contributed by atoms with Crippen LogP contribution in [-0.4, -0.2) is 6.23 Å². The molecule has 4 rings (SSSR count). The molecule has 4 heteroatoms. The zero-order valence-electron chi connectivity index (χ0n) is 12.6. The van der Waals surface area contributed by atoms with Gasteiger partial charge >= 0.3 is 0 Å². The van der Waals surface area contributed by atoms with Crippen molar-refractivity contribution in [2.75, 3.05) is 5.32 Å². The third-order valence-corrected chi connectivity index (χ3v) is 5.56. The first-order chi connectivity index (χ1) is 10.7. The summed E-state index contributed by atoms with van der Waals surface area (Å²) in [5, 5.41) is 14.5. The van der Waals surface area contributed by atoms with Crippen LogP contribution in [0.5, 0.6) is 0 Å². The summed E-state index contributed by atoms with van der Waals surface area (Å²) >= 11 is 1.50. The maximum atomic E-state index is 9.02. The van der Waals surface area contributed by atoms with Gasteiger partial charge in [0.25, 0.3) is 0 Å². The minimum atomic E-state index is -0.121. The standard InChI is InChI=1S/C18H18N2OS/c1-12-20-17-5-4-13(14-8-15(10-19)22-11-14)9-16(17)18(21-12)6-2-3-7-18/h4-5,8-9,11-12,20H,2-3,6-7H2,1H3. The van der Waals surface area contributed by atoms with Gasteiger partial charge in [0.15, 0.2) is 0 Å². The van der Waals surface area contributed by atoms with Gasteiger partial charge in [0.2, 0.25) is 0 Å². The third kappa shape index (κ3) is 2.13. The number of benzene rings is 1. The van der Waals surface area contributed by atoms with Gasteiger partial charge in [0, 0.05) is 11.3 Å². The normalized spacial score (nSPS) is 22.1. The van der Waals surface area contributed by atoms with E-state index in [1.54, 1.807) is 0 Å². The molecule has 1 unspecified atom stereocenters. The molecule has 1 fully saturated rings. The van der Waals surface area contributed by atoms with Crippen molar-refractivity contribution in [3.63, 3.8) is 0 Å². The van der Waals surface area contributed by atoms with E-state index in [0.29, 0.717) is 0 Å². The molecule has 1 saturated carbocycles. The Kier molecular flexibility index (Phi) is 3.21. The van der Waals surface area contributed by atoms with Crippen molar-refractivity contribution in [1.29, 1.82) is 5.26 Å². The van der Waals surface area contributed by atoms with E-state index >= 15 is 0 Å². The summed E-state index contributed by atoms with van der Waals surface area (Å²) in [6.07, 6.45) is 4.72. The van der Waals surface area contributed by atoms with Gasteiger partial charge in [-0.05, 0) is 54.5 Å². The van der Waals surface area contributed by atoms with E-state index in [1.807, 2.05) is 6.07 Å². The first kappa shape index (κ1) is 13.8. The van der Waals surface area contributed by atoms with E-state index in [4.69, 9.17) is 10.00 Å². The maximum absolute atomic E-state index is 9.02. The fourth-order valence-corrected chi connectivity index (χ4v) is 4.46. The number of fused-ring (bicyclic) bond motifs is 2. The van der Waals surface area contributed by atoms with E-state index < -0.39 is 0 Å². The molecule has 1 aliphatic carbocycles. The highest BCUT2D eigenvalue weighted by Gasteiger charge is 2.42. The van der Waals surface area contributed by atoms with E-state index in [0.717, 1.165) is 23.3 Å². The van der Waals surface area contributed by atoms with Crippen molar-refractivity contribution >= 4 is 17.0 Å². The van der Waals surface area contributed by atoms with Crippen LogP contribution < -0.4 is 5.32 Å². The highest BCUT2D eigenvalue weighted by molar-refractivity contribution is 7.10. The first-order valence-electron chi connectivity index (χ1n) is 7.78. The molecule has 2 heterocycles. The second kappa shape index (κ2) is 5.12. The molecule has 22 heavy (non-hydrogen) atoms. The van der Waals surface area contributed by atoms with Gasteiger partial charge in [0.1, 0.15) is 17.2 Å². The van der Waals surface area contributed by atoms with Crippen molar-refractivity contribution in [1.82, 2.24) is 0 Å². The number of rotatable bonds is 1. The molecule has 0 radical (unpaired) electrons. The molecule has 2 aromatic rings. The lowest BCUT2D eigenvalue weighted by Gasteiger charge is -2.40. The van der Waals surface area contributed by atoms with E-state index in [1.165, 1.54) is 41.0 Å². The highest BCUT2D eigenvalue weighted by atomic mass is 32.1. The predicted molar refractivity (Wildman–Crippen MR) is 88.8 cm³/mol. The summed E-state index contributed by atoms with van der Waals surface area (Å²) in [7, 11) is 0. The largest absolute Gasteiger partial charge is 0.360 e. The van der Waals surface area contributed by atoms with E-state index in [9.17, 15) is 0 Å². The fourth-order valence-electron chi connectivity index (χ4n) is 3.76. The minimum absolute atomic E-state index is 0.0581. The van der Waals surface area contributed by atoms with Gasteiger partial charge in [-0.2, -0.15) is 5.26 Å². The number of hydrogen-bond donors (Lipinski definition) is 1. The fraction of sp³-hybridized carbons (Fsp3) is 0.389. The molecule has 1 aromatic carbocycles. The SMILES string of the molecule is CC1Nc2ccc(-c3csc(C#N)c3)cc2C2(CCCC2)O1. The maximum Gasteiger partial charge on any atom is 0.126 e. The molecule has 1 spiro atoms. The zero-order valence-corrected chi connectivity index (χ0v) is 13.4. The molecule has 0 amide bonds.